The van der Waals surface area contributed by atoms with Gasteiger partial charge in [-0.2, -0.15) is 0 Å². The number of amides is 1. The van der Waals surface area contributed by atoms with Gasteiger partial charge in [-0.25, -0.2) is 13.1 Å². The molecular formula is C23H29N3O3S. The van der Waals surface area contributed by atoms with Gasteiger partial charge in [0.15, 0.2) is 0 Å². The van der Waals surface area contributed by atoms with Crippen LogP contribution in [0, 0.1) is 0 Å². The number of likely N-dealkylation sites (tertiary alicyclic amines) is 1. The standard InChI is InChI=1S/C23H29N3O3S/c27-23(20-5-4-6-22(15-20)30(28,29)25-21-11-12-21)24-16-18-7-9-19(10-8-18)17-26-13-2-1-3-14-26/h4-10,15,21,25H,1-3,11-14,16-17H2,(H,24,27). The lowest BCUT2D eigenvalue weighted by atomic mass is 10.1. The van der Waals surface area contributed by atoms with Crippen molar-refractivity contribution in [1.82, 2.24) is 14.9 Å². The normalized spacial score (nSPS) is 17.6. The number of hydrogen-bond donors (Lipinski definition) is 2. The van der Waals surface area contributed by atoms with E-state index in [0.717, 1.165) is 24.9 Å². The Labute approximate surface area is 178 Å². The van der Waals surface area contributed by atoms with Gasteiger partial charge in [-0.3, -0.25) is 9.69 Å². The number of sulfonamides is 1. The number of nitrogens with one attached hydrogen (secondary N) is 2. The molecule has 1 amide bonds. The lowest BCUT2D eigenvalue weighted by molar-refractivity contribution is 0.0950. The molecule has 1 saturated heterocycles. The molecule has 1 saturated carbocycles. The fourth-order valence-electron chi connectivity index (χ4n) is 3.72. The first-order valence-corrected chi connectivity index (χ1v) is 12.2. The van der Waals surface area contributed by atoms with Crippen molar-refractivity contribution in [3.63, 3.8) is 0 Å². The van der Waals surface area contributed by atoms with Crippen LogP contribution >= 0.6 is 0 Å². The van der Waals surface area contributed by atoms with Crippen LogP contribution in [0.1, 0.15) is 53.6 Å². The first kappa shape index (κ1) is 21.0. The van der Waals surface area contributed by atoms with E-state index in [-0.39, 0.29) is 16.8 Å². The Balaban J connectivity index is 1.32. The van der Waals surface area contributed by atoms with Crippen molar-refractivity contribution in [3.05, 3.63) is 65.2 Å². The SMILES string of the molecule is O=C(NCc1ccc(CN2CCCCC2)cc1)c1cccc(S(=O)(=O)NC2CC2)c1. The average Bonchev–Trinajstić information content (AvgIpc) is 3.57. The molecule has 1 aliphatic carbocycles. The summed E-state index contributed by atoms with van der Waals surface area (Å²) in [6.45, 7) is 3.72. The number of rotatable bonds is 8. The molecule has 1 heterocycles. The van der Waals surface area contributed by atoms with Crippen LogP contribution in [0.25, 0.3) is 0 Å². The average molecular weight is 428 g/mol. The van der Waals surface area contributed by atoms with E-state index in [1.807, 2.05) is 12.1 Å². The molecule has 2 N–H and O–H groups in total. The monoisotopic (exact) mass is 427 g/mol. The van der Waals surface area contributed by atoms with Crippen molar-refractivity contribution >= 4 is 15.9 Å². The van der Waals surface area contributed by atoms with Gasteiger partial charge in [0.25, 0.3) is 5.91 Å². The highest BCUT2D eigenvalue weighted by Gasteiger charge is 2.28. The van der Waals surface area contributed by atoms with Gasteiger partial charge in [0, 0.05) is 24.7 Å². The summed E-state index contributed by atoms with van der Waals surface area (Å²) < 4.78 is 27.4. The molecule has 0 radical (unpaired) electrons. The Kier molecular flexibility index (Phi) is 6.51. The summed E-state index contributed by atoms with van der Waals surface area (Å²) in [6.07, 6.45) is 5.64. The molecule has 0 aromatic heterocycles. The Hall–Kier alpha value is -2.22. The van der Waals surface area contributed by atoms with Crippen molar-refractivity contribution in [2.45, 2.75) is 56.1 Å². The zero-order valence-corrected chi connectivity index (χ0v) is 18.0. The molecular weight excluding hydrogens is 398 g/mol. The summed E-state index contributed by atoms with van der Waals surface area (Å²) >= 11 is 0. The van der Waals surface area contributed by atoms with Gasteiger partial charge < -0.3 is 5.32 Å². The summed E-state index contributed by atoms with van der Waals surface area (Å²) in [6, 6.07) is 14.5. The third-order valence-electron chi connectivity index (χ3n) is 5.64. The summed E-state index contributed by atoms with van der Waals surface area (Å²) in [5.41, 5.74) is 2.65. The molecule has 4 rings (SSSR count). The number of piperidine rings is 1. The minimum absolute atomic E-state index is 0.0327. The first-order valence-electron chi connectivity index (χ1n) is 10.7. The minimum Gasteiger partial charge on any atom is -0.348 e. The lowest BCUT2D eigenvalue weighted by Gasteiger charge is -2.26. The second kappa shape index (κ2) is 9.29. The van der Waals surface area contributed by atoms with Gasteiger partial charge in [0.1, 0.15) is 0 Å². The van der Waals surface area contributed by atoms with Crippen LogP contribution < -0.4 is 10.0 Å². The summed E-state index contributed by atoms with van der Waals surface area (Å²) in [4.78, 5) is 15.1. The summed E-state index contributed by atoms with van der Waals surface area (Å²) in [5.74, 6) is -0.282. The molecule has 160 valence electrons. The van der Waals surface area contributed by atoms with Crippen molar-refractivity contribution in [2.24, 2.45) is 0 Å². The van der Waals surface area contributed by atoms with Crippen molar-refractivity contribution in [3.8, 4) is 0 Å². The van der Waals surface area contributed by atoms with E-state index in [1.165, 1.54) is 50.0 Å². The van der Waals surface area contributed by atoms with Crippen LogP contribution in [0.2, 0.25) is 0 Å². The predicted octanol–water partition coefficient (Wildman–Crippen LogP) is 3.04. The van der Waals surface area contributed by atoms with E-state index in [2.05, 4.69) is 27.1 Å². The number of carbonyl (C=O) groups is 1. The smallest absolute Gasteiger partial charge is 0.251 e. The van der Waals surface area contributed by atoms with Gasteiger partial charge in [0.2, 0.25) is 10.0 Å². The van der Waals surface area contributed by atoms with Gasteiger partial charge in [-0.05, 0) is 68.1 Å². The maximum Gasteiger partial charge on any atom is 0.251 e. The van der Waals surface area contributed by atoms with Crippen LogP contribution in [0.4, 0.5) is 0 Å². The Bertz CT molecular complexity index is 979. The molecule has 30 heavy (non-hydrogen) atoms. The molecule has 2 aliphatic rings. The Morgan fingerprint density at radius 2 is 1.67 bits per heavy atom. The van der Waals surface area contributed by atoms with E-state index in [4.69, 9.17) is 0 Å². The van der Waals surface area contributed by atoms with E-state index in [0.29, 0.717) is 12.1 Å². The van der Waals surface area contributed by atoms with Crippen LogP contribution in [-0.2, 0) is 23.1 Å². The van der Waals surface area contributed by atoms with Gasteiger partial charge in [0.05, 0.1) is 4.90 Å². The largest absolute Gasteiger partial charge is 0.348 e. The maximum atomic E-state index is 12.5. The second-order valence-electron chi connectivity index (χ2n) is 8.26. The van der Waals surface area contributed by atoms with Crippen molar-refractivity contribution in [1.29, 1.82) is 0 Å². The molecule has 0 atom stereocenters. The number of benzene rings is 2. The minimum atomic E-state index is -3.57. The Morgan fingerprint density at radius 1 is 0.967 bits per heavy atom. The van der Waals surface area contributed by atoms with Gasteiger partial charge in [-0.15, -0.1) is 0 Å². The number of hydrogen-bond acceptors (Lipinski definition) is 4. The lowest BCUT2D eigenvalue weighted by Crippen LogP contribution is -2.29. The third kappa shape index (κ3) is 5.68. The zero-order valence-electron chi connectivity index (χ0n) is 17.1. The van der Waals surface area contributed by atoms with Crippen LogP contribution in [0.5, 0.6) is 0 Å². The second-order valence-corrected chi connectivity index (χ2v) is 9.97. The quantitative estimate of drug-likeness (QED) is 0.679. The molecule has 2 aromatic rings. The number of nitrogens with zero attached hydrogens (tertiary/aromatic N) is 1. The van der Waals surface area contributed by atoms with E-state index >= 15 is 0 Å². The Morgan fingerprint density at radius 3 is 2.37 bits per heavy atom. The highest BCUT2D eigenvalue weighted by Crippen LogP contribution is 2.22. The molecule has 6 nitrogen and oxygen atoms in total. The van der Waals surface area contributed by atoms with Gasteiger partial charge >= 0.3 is 0 Å². The molecule has 7 heteroatoms. The predicted molar refractivity (Wildman–Crippen MR) is 117 cm³/mol. The molecule has 2 aromatic carbocycles. The van der Waals surface area contributed by atoms with Crippen LogP contribution in [-0.4, -0.2) is 38.4 Å². The summed E-state index contributed by atoms with van der Waals surface area (Å²) in [7, 11) is -3.57. The van der Waals surface area contributed by atoms with E-state index in [9.17, 15) is 13.2 Å². The van der Waals surface area contributed by atoms with Crippen LogP contribution in [0.15, 0.2) is 53.4 Å². The number of carbonyl (C=O) groups excluding carboxylic acids is 1. The highest BCUT2D eigenvalue weighted by molar-refractivity contribution is 7.89. The van der Waals surface area contributed by atoms with E-state index < -0.39 is 10.0 Å². The topological polar surface area (TPSA) is 78.5 Å². The highest BCUT2D eigenvalue weighted by atomic mass is 32.2. The molecule has 0 spiro atoms. The fraction of sp³-hybridized carbons (Fsp3) is 0.435. The van der Waals surface area contributed by atoms with Crippen molar-refractivity contribution < 1.29 is 13.2 Å². The maximum absolute atomic E-state index is 12.5. The zero-order chi connectivity index (χ0) is 21.0. The van der Waals surface area contributed by atoms with Gasteiger partial charge in [-0.1, -0.05) is 36.8 Å². The molecule has 0 unspecified atom stereocenters. The molecule has 1 aliphatic heterocycles. The first-order chi connectivity index (χ1) is 14.5. The molecule has 2 fully saturated rings. The van der Waals surface area contributed by atoms with E-state index in [1.54, 1.807) is 12.1 Å². The van der Waals surface area contributed by atoms with Crippen LogP contribution in [0.3, 0.4) is 0 Å². The summed E-state index contributed by atoms with van der Waals surface area (Å²) in [5, 5.41) is 2.88. The van der Waals surface area contributed by atoms with Crippen molar-refractivity contribution in [2.75, 3.05) is 13.1 Å². The molecule has 0 bridgehead atoms. The third-order valence-corrected chi connectivity index (χ3v) is 7.15. The fourth-order valence-corrected chi connectivity index (χ4v) is 5.07.